The maximum atomic E-state index is 5.44. The molecule has 0 aromatic heterocycles. The summed E-state index contributed by atoms with van der Waals surface area (Å²) in [6.07, 6.45) is 3.02. The molecule has 2 nitrogen and oxygen atoms in total. The van der Waals surface area contributed by atoms with E-state index in [2.05, 4.69) is 26.8 Å². The quantitative estimate of drug-likeness (QED) is 0.463. The summed E-state index contributed by atoms with van der Waals surface area (Å²) in [7, 11) is 0. The first-order chi connectivity index (χ1) is 6.60. The van der Waals surface area contributed by atoms with Crippen LogP contribution in [0.4, 0.5) is 0 Å². The zero-order valence-corrected chi connectivity index (χ0v) is 10.2. The molecule has 0 saturated carbocycles. The average Bonchev–Trinajstić information content (AvgIpc) is 2.03. The highest BCUT2D eigenvalue weighted by Gasteiger charge is 2.05. The second-order valence-corrected chi connectivity index (χ2v) is 3.89. The van der Waals surface area contributed by atoms with Gasteiger partial charge in [-0.3, -0.25) is 0 Å². The molecule has 0 radical (unpaired) electrons. The standard InChI is InChI=1S/C12H24O2/c1-6-13-12(14-7-2)9-11(5)8-10(3)4/h9-10,12H,6-8H2,1-5H3. The molecule has 0 amide bonds. The van der Waals surface area contributed by atoms with Crippen molar-refractivity contribution in [2.75, 3.05) is 13.2 Å². The van der Waals surface area contributed by atoms with Crippen LogP contribution in [0.3, 0.4) is 0 Å². The van der Waals surface area contributed by atoms with Gasteiger partial charge in [-0.25, -0.2) is 0 Å². The fourth-order valence-corrected chi connectivity index (χ4v) is 1.42. The Kier molecular flexibility index (Phi) is 7.81. The predicted molar refractivity (Wildman–Crippen MR) is 60.3 cm³/mol. The summed E-state index contributed by atoms with van der Waals surface area (Å²) in [4.78, 5) is 0. The van der Waals surface area contributed by atoms with Crippen LogP contribution in [0.25, 0.3) is 0 Å². The Hall–Kier alpha value is -0.340. The second-order valence-electron chi connectivity index (χ2n) is 3.89. The molecule has 0 atom stereocenters. The summed E-state index contributed by atoms with van der Waals surface area (Å²) < 4.78 is 10.9. The van der Waals surface area contributed by atoms with Crippen molar-refractivity contribution >= 4 is 0 Å². The molecule has 84 valence electrons. The largest absolute Gasteiger partial charge is 0.349 e. The summed E-state index contributed by atoms with van der Waals surface area (Å²) in [6.45, 7) is 11.9. The summed E-state index contributed by atoms with van der Waals surface area (Å²) in [5.41, 5.74) is 1.34. The van der Waals surface area contributed by atoms with Gasteiger partial charge in [0.1, 0.15) is 0 Å². The van der Waals surface area contributed by atoms with Gasteiger partial charge in [-0.15, -0.1) is 0 Å². The zero-order valence-electron chi connectivity index (χ0n) is 10.2. The van der Waals surface area contributed by atoms with E-state index in [1.807, 2.05) is 13.8 Å². The van der Waals surface area contributed by atoms with Crippen LogP contribution in [0.2, 0.25) is 0 Å². The Labute approximate surface area is 88.3 Å². The summed E-state index contributed by atoms with van der Waals surface area (Å²) >= 11 is 0. The Balaban J connectivity index is 4.08. The number of allylic oxidation sites excluding steroid dienone is 1. The van der Waals surface area contributed by atoms with Gasteiger partial charge in [0.15, 0.2) is 6.29 Å². The molecule has 0 aliphatic rings. The molecule has 0 N–H and O–H groups in total. The molecule has 0 bridgehead atoms. The Morgan fingerprint density at radius 1 is 1.14 bits per heavy atom. The van der Waals surface area contributed by atoms with Gasteiger partial charge in [0.25, 0.3) is 0 Å². The highest BCUT2D eigenvalue weighted by molar-refractivity contribution is 5.00. The van der Waals surface area contributed by atoms with Gasteiger partial charge < -0.3 is 9.47 Å². The van der Waals surface area contributed by atoms with E-state index in [1.54, 1.807) is 0 Å². The molecular formula is C12H24O2. The van der Waals surface area contributed by atoms with Crippen LogP contribution in [0, 0.1) is 5.92 Å². The third-order valence-corrected chi connectivity index (χ3v) is 1.81. The minimum atomic E-state index is -0.163. The molecular weight excluding hydrogens is 176 g/mol. The molecule has 0 aliphatic heterocycles. The van der Waals surface area contributed by atoms with Crippen molar-refractivity contribution in [3.8, 4) is 0 Å². The van der Waals surface area contributed by atoms with Gasteiger partial charge in [-0.2, -0.15) is 0 Å². The molecule has 0 aromatic rings. The van der Waals surface area contributed by atoms with Gasteiger partial charge in [0.05, 0.1) is 0 Å². The van der Waals surface area contributed by atoms with Crippen LogP contribution in [0.5, 0.6) is 0 Å². The second kappa shape index (κ2) is 8.01. The normalized spacial score (nSPS) is 12.9. The molecule has 0 unspecified atom stereocenters. The lowest BCUT2D eigenvalue weighted by molar-refractivity contribution is -0.104. The van der Waals surface area contributed by atoms with Crippen molar-refractivity contribution in [1.29, 1.82) is 0 Å². The topological polar surface area (TPSA) is 18.5 Å². The first-order valence-electron chi connectivity index (χ1n) is 5.50. The van der Waals surface area contributed by atoms with Gasteiger partial charge in [0.2, 0.25) is 0 Å². The highest BCUT2D eigenvalue weighted by atomic mass is 16.7. The van der Waals surface area contributed by atoms with Crippen LogP contribution in [-0.2, 0) is 9.47 Å². The fraction of sp³-hybridized carbons (Fsp3) is 0.833. The van der Waals surface area contributed by atoms with E-state index in [0.29, 0.717) is 19.1 Å². The Bertz CT molecular complexity index is 156. The molecule has 0 aliphatic carbocycles. The molecule has 0 aromatic carbocycles. The van der Waals surface area contributed by atoms with E-state index >= 15 is 0 Å². The van der Waals surface area contributed by atoms with Crippen molar-refractivity contribution in [2.24, 2.45) is 5.92 Å². The lowest BCUT2D eigenvalue weighted by Gasteiger charge is -2.14. The average molecular weight is 200 g/mol. The molecule has 2 heteroatoms. The molecule has 0 rings (SSSR count). The zero-order chi connectivity index (χ0) is 11.0. The van der Waals surface area contributed by atoms with E-state index in [1.165, 1.54) is 5.57 Å². The minimum Gasteiger partial charge on any atom is -0.349 e. The van der Waals surface area contributed by atoms with Crippen LogP contribution >= 0.6 is 0 Å². The number of hydrogen-bond acceptors (Lipinski definition) is 2. The van der Waals surface area contributed by atoms with Crippen molar-refractivity contribution in [3.63, 3.8) is 0 Å². The lowest BCUT2D eigenvalue weighted by atomic mass is 10.0. The smallest absolute Gasteiger partial charge is 0.177 e. The number of hydrogen-bond donors (Lipinski definition) is 0. The number of rotatable bonds is 7. The van der Waals surface area contributed by atoms with Gasteiger partial charge in [-0.1, -0.05) is 19.4 Å². The summed E-state index contributed by atoms with van der Waals surface area (Å²) in [6, 6.07) is 0. The fourth-order valence-electron chi connectivity index (χ4n) is 1.42. The molecule has 0 fully saturated rings. The Morgan fingerprint density at radius 3 is 2.00 bits per heavy atom. The Morgan fingerprint density at radius 2 is 1.64 bits per heavy atom. The van der Waals surface area contributed by atoms with Crippen LogP contribution < -0.4 is 0 Å². The van der Waals surface area contributed by atoms with Crippen molar-refractivity contribution in [2.45, 2.75) is 47.3 Å². The maximum absolute atomic E-state index is 5.44. The van der Waals surface area contributed by atoms with Gasteiger partial charge in [-0.05, 0) is 39.2 Å². The third kappa shape index (κ3) is 7.10. The van der Waals surface area contributed by atoms with Gasteiger partial charge >= 0.3 is 0 Å². The van der Waals surface area contributed by atoms with Crippen LogP contribution in [0.1, 0.15) is 41.0 Å². The molecule has 0 spiro atoms. The molecule has 14 heavy (non-hydrogen) atoms. The minimum absolute atomic E-state index is 0.163. The maximum Gasteiger partial charge on any atom is 0.177 e. The van der Waals surface area contributed by atoms with Crippen molar-refractivity contribution in [1.82, 2.24) is 0 Å². The van der Waals surface area contributed by atoms with E-state index in [4.69, 9.17) is 9.47 Å². The first kappa shape index (κ1) is 13.7. The van der Waals surface area contributed by atoms with E-state index < -0.39 is 0 Å². The van der Waals surface area contributed by atoms with E-state index in [9.17, 15) is 0 Å². The van der Waals surface area contributed by atoms with Gasteiger partial charge in [0, 0.05) is 13.2 Å². The summed E-state index contributed by atoms with van der Waals surface area (Å²) in [5.74, 6) is 0.690. The van der Waals surface area contributed by atoms with Crippen LogP contribution in [-0.4, -0.2) is 19.5 Å². The van der Waals surface area contributed by atoms with Crippen LogP contribution in [0.15, 0.2) is 11.6 Å². The molecule has 0 heterocycles. The monoisotopic (exact) mass is 200 g/mol. The summed E-state index contributed by atoms with van der Waals surface area (Å²) in [5, 5.41) is 0. The van der Waals surface area contributed by atoms with Crippen molar-refractivity contribution < 1.29 is 9.47 Å². The lowest BCUT2D eigenvalue weighted by Crippen LogP contribution is -2.15. The highest BCUT2D eigenvalue weighted by Crippen LogP contribution is 2.12. The van der Waals surface area contributed by atoms with E-state index in [-0.39, 0.29) is 6.29 Å². The third-order valence-electron chi connectivity index (χ3n) is 1.81. The predicted octanol–water partition coefficient (Wildman–Crippen LogP) is 3.38. The molecule has 0 saturated heterocycles. The van der Waals surface area contributed by atoms with E-state index in [0.717, 1.165) is 6.42 Å². The van der Waals surface area contributed by atoms with Crippen molar-refractivity contribution in [3.05, 3.63) is 11.6 Å². The number of ether oxygens (including phenoxy) is 2. The SMILES string of the molecule is CCOC(C=C(C)CC(C)C)OCC. The first-order valence-corrected chi connectivity index (χ1v) is 5.50.